The van der Waals surface area contributed by atoms with Gasteiger partial charge in [0.05, 0.1) is 64.6 Å². The highest BCUT2D eigenvalue weighted by Crippen LogP contribution is 2.36. The predicted octanol–water partition coefficient (Wildman–Crippen LogP) is 10.1. The number of ether oxygens (including phenoxy) is 2. The molecule has 3 aromatic heterocycles. The summed E-state index contributed by atoms with van der Waals surface area (Å²) in [5.41, 5.74) is 6.35. The summed E-state index contributed by atoms with van der Waals surface area (Å²) in [4.78, 5) is 74.9. The lowest BCUT2D eigenvalue weighted by molar-refractivity contribution is -0.141. The fourth-order valence-corrected chi connectivity index (χ4v) is 11.7. The minimum atomic E-state index is -0.935. The zero-order valence-corrected chi connectivity index (χ0v) is 48.6. The number of aryl methyl sites for hydroxylation is 2. The molecule has 8 rings (SSSR count). The second-order valence-corrected chi connectivity index (χ2v) is 22.8. The fraction of sp³-hybridized carbons (Fsp3) is 0.500. The van der Waals surface area contributed by atoms with Gasteiger partial charge in [-0.15, -0.1) is 11.3 Å². The number of anilines is 2. The molecule has 6 aromatic rings. The van der Waals surface area contributed by atoms with Gasteiger partial charge in [0.25, 0.3) is 0 Å². The van der Waals surface area contributed by atoms with Crippen molar-refractivity contribution in [3.63, 3.8) is 0 Å². The highest BCUT2D eigenvalue weighted by Gasteiger charge is 2.44. The number of nitrogens with one attached hydrogen (secondary N) is 3. The molecular weight excluding hydrogens is 1080 g/mol. The molecule has 0 spiro atoms. The van der Waals surface area contributed by atoms with E-state index in [0.29, 0.717) is 78.0 Å². The van der Waals surface area contributed by atoms with Crippen LogP contribution in [-0.4, -0.2) is 135 Å². The first-order chi connectivity index (χ1) is 39.1. The van der Waals surface area contributed by atoms with Crippen LogP contribution in [0.2, 0.25) is 5.02 Å². The number of hydrogen-bond acceptors (Lipinski definition) is 15. The minimum Gasteiger partial charge on any atom is -0.493 e. The molecule has 2 fully saturated rings. The maximum atomic E-state index is 14.2. The molecule has 2 saturated heterocycles. The summed E-state index contributed by atoms with van der Waals surface area (Å²) in [6.45, 7) is 12.5. The molecule has 0 aliphatic carbocycles. The highest BCUT2D eigenvalue weighted by atomic mass is 35.5. The number of carbonyl (C=O) groups excluding carboxylic acids is 4. The number of likely N-dealkylation sites (tertiary alicyclic amines) is 1. The van der Waals surface area contributed by atoms with Gasteiger partial charge in [0, 0.05) is 81.9 Å². The van der Waals surface area contributed by atoms with E-state index in [1.54, 1.807) is 49.1 Å². The number of hydrogen-bond donors (Lipinski definition) is 4. The predicted molar refractivity (Wildman–Crippen MR) is 311 cm³/mol. The summed E-state index contributed by atoms with van der Waals surface area (Å²) in [5.74, 6) is -0.0101. The number of aromatic nitrogens is 4. The second-order valence-electron chi connectivity index (χ2n) is 21.5. The Morgan fingerprint density at radius 2 is 1.63 bits per heavy atom. The van der Waals surface area contributed by atoms with Gasteiger partial charge in [0.2, 0.25) is 23.6 Å². The van der Waals surface area contributed by atoms with E-state index < -0.39 is 35.8 Å². The van der Waals surface area contributed by atoms with Crippen molar-refractivity contribution < 1.29 is 42.7 Å². The van der Waals surface area contributed by atoms with E-state index in [1.807, 2.05) is 56.0 Å². The van der Waals surface area contributed by atoms with Crippen LogP contribution in [0.5, 0.6) is 11.5 Å². The summed E-state index contributed by atoms with van der Waals surface area (Å²) >= 11 is 7.55. The van der Waals surface area contributed by atoms with Gasteiger partial charge >= 0.3 is 0 Å². The number of halogens is 2. The van der Waals surface area contributed by atoms with E-state index >= 15 is 0 Å². The molecule has 3 aromatic carbocycles. The van der Waals surface area contributed by atoms with Crippen LogP contribution in [0.25, 0.3) is 21.3 Å². The molecule has 5 heterocycles. The third-order valence-corrected chi connectivity index (χ3v) is 16.4. The lowest BCUT2D eigenvalue weighted by Gasteiger charge is -2.34. The monoisotopic (exact) mass is 1150 g/mol. The molecule has 2 aliphatic heterocycles. The Hall–Kier alpha value is -6.74. The number of thiazole rings is 1. The zero-order valence-electron chi connectivity index (χ0n) is 47.1. The zero-order chi connectivity index (χ0) is 57.4. The van der Waals surface area contributed by atoms with Crippen molar-refractivity contribution in [2.75, 3.05) is 64.8 Å². The van der Waals surface area contributed by atoms with Crippen molar-refractivity contribution in [1.82, 2.24) is 45.4 Å². The summed E-state index contributed by atoms with van der Waals surface area (Å²) < 4.78 is 31.1. The standard InChI is InChI=1S/C60H76ClFN10O8S/c1-38(2)56(53-29-39(3)69-80-53)60(77)72-35-44(73)31-50(72)59(76)68-48(41-16-18-42(19-17-41)57-40(4)66-37-81-57)34-54(74)63-22-13-11-9-7-6-8-10-12-15-55(75)71-26-24-70(25-27-71)23-14-28-79-52-32-45-49(33-51(52)78-5)64-36-65-58(45)67-43-20-21-47(62)46(61)30-43/h16-21,29-30,32-33,36-38,44,48,50,56,73H,6-15,22-28,31,34-35H2,1-5H3,(H,63,74)(H,68,76)(H,64,65,67)/t44-,48+,50+,56-/m1/s1. The number of methoxy groups -OCH3 is 1. The van der Waals surface area contributed by atoms with Crippen LogP contribution >= 0.6 is 22.9 Å². The van der Waals surface area contributed by atoms with Gasteiger partial charge < -0.3 is 44.9 Å². The average molecular weight is 1150 g/mol. The van der Waals surface area contributed by atoms with Crippen LogP contribution in [0, 0.1) is 25.6 Å². The fourth-order valence-electron chi connectivity index (χ4n) is 10.7. The molecule has 0 saturated carbocycles. The molecule has 21 heteroatoms. The Balaban J connectivity index is 0.701. The maximum Gasteiger partial charge on any atom is 0.243 e. The molecule has 4 N–H and O–H groups in total. The molecule has 0 radical (unpaired) electrons. The van der Waals surface area contributed by atoms with Gasteiger partial charge in [-0.1, -0.05) is 93.4 Å². The lowest BCUT2D eigenvalue weighted by atomic mass is 9.91. The van der Waals surface area contributed by atoms with Crippen LogP contribution < -0.4 is 25.4 Å². The van der Waals surface area contributed by atoms with Crippen molar-refractivity contribution >= 4 is 69.0 Å². The Morgan fingerprint density at radius 3 is 2.31 bits per heavy atom. The Morgan fingerprint density at radius 1 is 0.889 bits per heavy atom. The maximum absolute atomic E-state index is 14.2. The lowest BCUT2D eigenvalue weighted by Crippen LogP contribution is -2.49. The van der Waals surface area contributed by atoms with Crippen LogP contribution in [0.1, 0.15) is 126 Å². The number of aliphatic hydroxyl groups excluding tert-OH is 1. The normalized spacial score (nSPS) is 16.4. The Bertz CT molecular complexity index is 3060. The van der Waals surface area contributed by atoms with Crippen LogP contribution in [0.4, 0.5) is 15.9 Å². The van der Waals surface area contributed by atoms with Crippen molar-refractivity contribution in [2.24, 2.45) is 5.92 Å². The number of fused-ring (bicyclic) bond motifs is 1. The SMILES string of the molecule is COc1cc2ncnc(Nc3ccc(F)c(Cl)c3)c2cc1OCCCN1CCN(C(=O)CCCCCCCCCCNC(=O)C[C@H](NC(=O)[C@@H]2C[C@@H](O)CN2C(=O)[C@@H](c2cc(C)no2)C(C)C)c2ccc(-c3scnc3C)cc2)CC1. The first-order valence-corrected chi connectivity index (χ1v) is 29.6. The van der Waals surface area contributed by atoms with Crippen molar-refractivity contribution in [3.8, 4) is 21.9 Å². The minimum absolute atomic E-state index is 0.00226. The van der Waals surface area contributed by atoms with Crippen LogP contribution in [-0.2, 0) is 19.2 Å². The highest BCUT2D eigenvalue weighted by molar-refractivity contribution is 7.13. The van der Waals surface area contributed by atoms with Crippen LogP contribution in [0.15, 0.2) is 77.0 Å². The third kappa shape index (κ3) is 16.5. The molecule has 434 valence electrons. The van der Waals surface area contributed by atoms with Crippen molar-refractivity contribution in [1.29, 1.82) is 0 Å². The summed E-state index contributed by atoms with van der Waals surface area (Å²) in [7, 11) is 1.59. The van der Waals surface area contributed by atoms with Crippen LogP contribution in [0.3, 0.4) is 0 Å². The third-order valence-electron chi connectivity index (χ3n) is 15.1. The molecule has 2 aliphatic rings. The number of carbonyl (C=O) groups is 4. The number of piperazine rings is 1. The van der Waals surface area contributed by atoms with Gasteiger partial charge in [-0.25, -0.2) is 19.3 Å². The van der Waals surface area contributed by atoms with E-state index in [4.69, 9.17) is 25.6 Å². The number of nitrogens with zero attached hydrogens (tertiary/aromatic N) is 7. The molecule has 0 unspecified atom stereocenters. The van der Waals surface area contributed by atoms with Gasteiger partial charge in [0.15, 0.2) is 11.5 Å². The van der Waals surface area contributed by atoms with Crippen molar-refractivity contribution in [3.05, 3.63) is 106 Å². The first-order valence-electron chi connectivity index (χ1n) is 28.3. The van der Waals surface area contributed by atoms with E-state index in [-0.39, 0.29) is 48.0 Å². The first kappa shape index (κ1) is 60.4. The molecule has 18 nitrogen and oxygen atoms in total. The summed E-state index contributed by atoms with van der Waals surface area (Å²) in [5, 5.41) is 24.8. The van der Waals surface area contributed by atoms with Gasteiger partial charge in [-0.05, 0) is 74.4 Å². The number of benzene rings is 3. The summed E-state index contributed by atoms with van der Waals surface area (Å²) in [6, 6.07) is 15.9. The van der Waals surface area contributed by atoms with E-state index in [0.717, 1.165) is 99.1 Å². The number of aliphatic hydroxyl groups is 1. The Labute approximate surface area is 482 Å². The number of β-amino-alcohol motifs (C(OH)–C–C–N with tert-alkyl or cyclic N) is 1. The van der Waals surface area contributed by atoms with E-state index in [9.17, 15) is 28.7 Å². The molecule has 4 amide bonds. The van der Waals surface area contributed by atoms with Gasteiger partial charge in [0.1, 0.15) is 35.7 Å². The molecule has 4 atom stereocenters. The number of rotatable bonds is 28. The molecular formula is C60H76ClFN10O8S. The number of unbranched alkanes of at least 4 members (excludes halogenated alkanes) is 7. The molecule has 0 bridgehead atoms. The van der Waals surface area contributed by atoms with Crippen molar-refractivity contribution in [2.45, 2.75) is 129 Å². The van der Waals surface area contributed by atoms with Gasteiger partial charge in [-0.3, -0.25) is 24.1 Å². The quantitative estimate of drug-likeness (QED) is 0.0336. The number of amides is 4. The average Bonchev–Trinajstić information content (AvgIpc) is 4.23. The molecule has 81 heavy (non-hydrogen) atoms. The van der Waals surface area contributed by atoms with Gasteiger partial charge in [-0.2, -0.15) is 0 Å². The van der Waals surface area contributed by atoms with E-state index in [1.165, 1.54) is 23.4 Å². The van der Waals surface area contributed by atoms with E-state index in [2.05, 4.69) is 41.0 Å². The second kappa shape index (κ2) is 29.3. The topological polar surface area (TPSA) is 217 Å². The largest absolute Gasteiger partial charge is 0.493 e. The smallest absolute Gasteiger partial charge is 0.243 e. The Kier molecular flexibility index (Phi) is 21.8. The summed E-state index contributed by atoms with van der Waals surface area (Å²) in [6.07, 6.45) is 9.98.